The van der Waals surface area contributed by atoms with Crippen LogP contribution in [0.3, 0.4) is 0 Å². The highest BCUT2D eigenvalue weighted by Crippen LogP contribution is 2.17. The number of hydrogen-bond donors (Lipinski definition) is 2. The number of carbonyl (C=O) groups excluding carboxylic acids is 1. The number of hydrogen-bond acceptors (Lipinski definition) is 4. The number of aryl methyl sites for hydroxylation is 1. The van der Waals surface area contributed by atoms with Gasteiger partial charge in [0.15, 0.2) is 0 Å². The Morgan fingerprint density at radius 2 is 2.00 bits per heavy atom. The van der Waals surface area contributed by atoms with Crippen molar-refractivity contribution in [1.29, 1.82) is 0 Å². The Morgan fingerprint density at radius 1 is 1.40 bits per heavy atom. The van der Waals surface area contributed by atoms with Crippen LogP contribution in [0.5, 0.6) is 0 Å². The Hall–Kier alpha value is -1.95. The number of nitro benzene ring substituents is 1. The van der Waals surface area contributed by atoms with Crippen molar-refractivity contribution in [3.8, 4) is 0 Å². The van der Waals surface area contributed by atoms with Gasteiger partial charge in [-0.2, -0.15) is 0 Å². The van der Waals surface area contributed by atoms with Crippen molar-refractivity contribution in [1.82, 2.24) is 5.32 Å². The van der Waals surface area contributed by atoms with Crippen molar-refractivity contribution < 1.29 is 9.72 Å². The average molecular weight is 279 g/mol. The molecule has 0 heterocycles. The van der Waals surface area contributed by atoms with Crippen LogP contribution in [0.1, 0.15) is 42.6 Å². The number of nitrogens with zero attached hydrogens (tertiary/aromatic N) is 1. The normalized spacial score (nSPS) is 11.2. The van der Waals surface area contributed by atoms with Crippen molar-refractivity contribution in [2.45, 2.75) is 39.2 Å². The second-order valence-electron chi connectivity index (χ2n) is 5.01. The third kappa shape index (κ3) is 3.77. The number of benzene rings is 1. The standard InChI is InChI=1S/C14H21N3O3/c1-4-14(15,5-2)9-16-13(18)12-8-11(17(19)20)7-6-10(12)3/h6-8H,4-5,9,15H2,1-3H3,(H,16,18). The fourth-order valence-electron chi connectivity index (χ4n) is 1.82. The van der Waals surface area contributed by atoms with Gasteiger partial charge in [0.1, 0.15) is 0 Å². The van der Waals surface area contributed by atoms with Crippen molar-refractivity contribution in [2.75, 3.05) is 6.54 Å². The van der Waals surface area contributed by atoms with Crippen molar-refractivity contribution >= 4 is 11.6 Å². The van der Waals surface area contributed by atoms with Crippen LogP contribution < -0.4 is 11.1 Å². The summed E-state index contributed by atoms with van der Waals surface area (Å²) in [5.41, 5.74) is 6.60. The molecule has 0 unspecified atom stereocenters. The molecule has 0 aliphatic heterocycles. The minimum Gasteiger partial charge on any atom is -0.350 e. The first kappa shape index (κ1) is 16.1. The van der Waals surface area contributed by atoms with E-state index in [0.29, 0.717) is 17.7 Å². The van der Waals surface area contributed by atoms with E-state index in [-0.39, 0.29) is 11.6 Å². The van der Waals surface area contributed by atoms with Gasteiger partial charge in [-0.15, -0.1) is 0 Å². The molecule has 0 aromatic heterocycles. The summed E-state index contributed by atoms with van der Waals surface area (Å²) in [4.78, 5) is 22.4. The van der Waals surface area contributed by atoms with Crippen LogP contribution in [0.4, 0.5) is 5.69 Å². The van der Waals surface area contributed by atoms with E-state index in [1.54, 1.807) is 13.0 Å². The van der Waals surface area contributed by atoms with Gasteiger partial charge >= 0.3 is 0 Å². The molecule has 1 amide bonds. The Labute approximate surface area is 118 Å². The fraction of sp³-hybridized carbons (Fsp3) is 0.500. The lowest BCUT2D eigenvalue weighted by Crippen LogP contribution is -2.49. The lowest BCUT2D eigenvalue weighted by Gasteiger charge is -2.26. The van der Waals surface area contributed by atoms with Crippen LogP contribution in [0.25, 0.3) is 0 Å². The average Bonchev–Trinajstić information content (AvgIpc) is 2.44. The van der Waals surface area contributed by atoms with Crippen LogP contribution in [0, 0.1) is 17.0 Å². The summed E-state index contributed by atoms with van der Waals surface area (Å²) in [5, 5.41) is 13.5. The molecule has 3 N–H and O–H groups in total. The number of rotatable bonds is 6. The largest absolute Gasteiger partial charge is 0.350 e. The monoisotopic (exact) mass is 279 g/mol. The highest BCUT2D eigenvalue weighted by molar-refractivity contribution is 5.96. The maximum absolute atomic E-state index is 12.1. The van der Waals surface area contributed by atoms with Gasteiger partial charge in [-0.05, 0) is 25.3 Å². The second-order valence-corrected chi connectivity index (χ2v) is 5.01. The van der Waals surface area contributed by atoms with E-state index in [0.717, 1.165) is 12.8 Å². The number of amides is 1. The smallest absolute Gasteiger partial charge is 0.270 e. The molecule has 20 heavy (non-hydrogen) atoms. The first-order chi connectivity index (χ1) is 9.33. The predicted octanol–water partition coefficient (Wildman–Crippen LogP) is 2.15. The maximum atomic E-state index is 12.1. The maximum Gasteiger partial charge on any atom is 0.270 e. The van der Waals surface area contributed by atoms with Gasteiger partial charge in [0.05, 0.1) is 4.92 Å². The zero-order valence-corrected chi connectivity index (χ0v) is 12.1. The van der Waals surface area contributed by atoms with Gasteiger partial charge in [-0.3, -0.25) is 14.9 Å². The van der Waals surface area contributed by atoms with Crippen molar-refractivity contribution in [3.05, 3.63) is 39.4 Å². The molecule has 0 atom stereocenters. The van der Waals surface area contributed by atoms with Crippen molar-refractivity contribution in [2.24, 2.45) is 5.73 Å². The molecule has 0 aliphatic rings. The van der Waals surface area contributed by atoms with E-state index < -0.39 is 10.5 Å². The summed E-state index contributed by atoms with van der Waals surface area (Å²) >= 11 is 0. The molecule has 1 aromatic rings. The molecule has 0 saturated carbocycles. The summed E-state index contributed by atoms with van der Waals surface area (Å²) in [7, 11) is 0. The zero-order chi connectivity index (χ0) is 15.3. The minimum absolute atomic E-state index is 0.0919. The Balaban J connectivity index is 2.87. The fourth-order valence-corrected chi connectivity index (χ4v) is 1.82. The summed E-state index contributed by atoms with van der Waals surface area (Å²) in [5.74, 6) is -0.331. The second kappa shape index (κ2) is 6.47. The van der Waals surface area contributed by atoms with Gasteiger partial charge in [0.2, 0.25) is 0 Å². The molecule has 0 fully saturated rings. The predicted molar refractivity (Wildman–Crippen MR) is 77.7 cm³/mol. The molecule has 0 radical (unpaired) electrons. The molecule has 0 aliphatic carbocycles. The molecule has 110 valence electrons. The third-order valence-electron chi connectivity index (χ3n) is 3.69. The number of carbonyl (C=O) groups is 1. The molecule has 0 spiro atoms. The molecule has 1 rings (SSSR count). The first-order valence-corrected chi connectivity index (χ1v) is 6.65. The van der Waals surface area contributed by atoms with Crippen molar-refractivity contribution in [3.63, 3.8) is 0 Å². The van der Waals surface area contributed by atoms with E-state index in [1.807, 2.05) is 13.8 Å². The van der Waals surface area contributed by atoms with Gasteiger partial charge in [0, 0.05) is 29.8 Å². The molecule has 1 aromatic carbocycles. The van der Waals surface area contributed by atoms with Gasteiger partial charge < -0.3 is 11.1 Å². The number of non-ortho nitro benzene ring substituents is 1. The summed E-state index contributed by atoms with van der Waals surface area (Å²) < 4.78 is 0. The zero-order valence-electron chi connectivity index (χ0n) is 12.1. The SMILES string of the molecule is CCC(N)(CC)CNC(=O)c1cc([N+](=O)[O-])ccc1C. The first-order valence-electron chi connectivity index (χ1n) is 6.65. The van der Waals surface area contributed by atoms with Gasteiger partial charge in [-0.25, -0.2) is 0 Å². The quantitative estimate of drug-likeness (QED) is 0.615. The van der Waals surface area contributed by atoms with Gasteiger partial charge in [-0.1, -0.05) is 19.9 Å². The lowest BCUT2D eigenvalue weighted by atomic mass is 9.94. The van der Waals surface area contributed by atoms with Gasteiger partial charge in [0.25, 0.3) is 11.6 Å². The highest BCUT2D eigenvalue weighted by Gasteiger charge is 2.22. The van der Waals surface area contributed by atoms with Crippen LogP contribution in [0.2, 0.25) is 0 Å². The van der Waals surface area contributed by atoms with Crippen LogP contribution >= 0.6 is 0 Å². The molecule has 0 bridgehead atoms. The topological polar surface area (TPSA) is 98.3 Å². The Morgan fingerprint density at radius 3 is 2.50 bits per heavy atom. The third-order valence-corrected chi connectivity index (χ3v) is 3.69. The van der Waals surface area contributed by atoms with E-state index in [9.17, 15) is 14.9 Å². The van der Waals surface area contributed by atoms with E-state index >= 15 is 0 Å². The van der Waals surface area contributed by atoms with E-state index in [4.69, 9.17) is 5.73 Å². The van der Waals surface area contributed by atoms with E-state index in [1.165, 1.54) is 12.1 Å². The summed E-state index contributed by atoms with van der Waals surface area (Å²) in [6, 6.07) is 4.25. The highest BCUT2D eigenvalue weighted by atomic mass is 16.6. The lowest BCUT2D eigenvalue weighted by molar-refractivity contribution is -0.384. The van der Waals surface area contributed by atoms with Crippen LogP contribution in [0.15, 0.2) is 18.2 Å². The van der Waals surface area contributed by atoms with Crippen LogP contribution in [-0.4, -0.2) is 22.9 Å². The Bertz CT molecular complexity index is 510. The molecular formula is C14H21N3O3. The Kier molecular flexibility index (Phi) is 5.21. The molecule has 6 nitrogen and oxygen atoms in total. The summed E-state index contributed by atoms with van der Waals surface area (Å²) in [6.45, 7) is 6.03. The molecule has 0 saturated heterocycles. The van der Waals surface area contributed by atoms with E-state index in [2.05, 4.69) is 5.32 Å². The summed E-state index contributed by atoms with van der Waals surface area (Å²) in [6.07, 6.45) is 1.50. The minimum atomic E-state index is -0.512. The molecule has 6 heteroatoms. The number of nitrogens with two attached hydrogens (primary N) is 1. The molecular weight excluding hydrogens is 258 g/mol. The van der Waals surface area contributed by atoms with Crippen LogP contribution in [-0.2, 0) is 0 Å². The number of nitrogens with one attached hydrogen (secondary N) is 1. The number of nitro groups is 1.